The molecule has 2 bridgehead atoms. The van der Waals surface area contributed by atoms with Crippen molar-refractivity contribution in [2.75, 3.05) is 26.6 Å². The van der Waals surface area contributed by atoms with E-state index in [2.05, 4.69) is 5.32 Å². The number of hydrogen-bond acceptors (Lipinski definition) is 9. The van der Waals surface area contributed by atoms with E-state index >= 15 is 0 Å². The van der Waals surface area contributed by atoms with Gasteiger partial charge in [-0.1, -0.05) is 36.8 Å². The Morgan fingerprint density at radius 2 is 1.80 bits per heavy atom. The van der Waals surface area contributed by atoms with Crippen LogP contribution in [0.2, 0.25) is 0 Å². The molecule has 0 aromatic heterocycles. The number of phenolic OH excluding ortho intramolecular Hbond substituents is 2. The molecular formula is C29H40N2O9. The van der Waals surface area contributed by atoms with E-state index in [9.17, 15) is 24.9 Å². The molecule has 1 aromatic rings. The Bertz CT molecular complexity index is 1200. The highest BCUT2D eigenvalue weighted by Gasteiger charge is 2.29. The monoisotopic (exact) mass is 560 g/mol. The minimum atomic E-state index is -0.998. The zero-order valence-corrected chi connectivity index (χ0v) is 23.9. The summed E-state index contributed by atoms with van der Waals surface area (Å²) in [4.78, 5) is 24.6. The number of carbonyl (C=O) groups excluding carboxylic acids is 2. The van der Waals surface area contributed by atoms with E-state index in [-0.39, 0.29) is 40.5 Å². The maximum atomic E-state index is 12.9. The van der Waals surface area contributed by atoms with Crippen LogP contribution in [0.5, 0.6) is 17.2 Å². The van der Waals surface area contributed by atoms with Gasteiger partial charge in [-0.05, 0) is 38.8 Å². The molecular weight excluding hydrogens is 520 g/mol. The number of aliphatic hydroxyl groups excluding tert-OH is 1. The second kappa shape index (κ2) is 14.5. The predicted molar refractivity (Wildman–Crippen MR) is 151 cm³/mol. The number of aliphatic hydroxyl groups is 1. The summed E-state index contributed by atoms with van der Waals surface area (Å²) in [6.07, 6.45) is 3.94. The van der Waals surface area contributed by atoms with Crippen molar-refractivity contribution < 1.29 is 43.9 Å². The van der Waals surface area contributed by atoms with Crippen LogP contribution in [0.15, 0.2) is 47.1 Å². The Kier molecular flexibility index (Phi) is 11.8. The number of phenols is 2. The van der Waals surface area contributed by atoms with E-state index in [1.807, 2.05) is 0 Å². The van der Waals surface area contributed by atoms with E-state index in [1.54, 1.807) is 52.0 Å². The van der Waals surface area contributed by atoms with E-state index in [4.69, 9.17) is 24.7 Å². The molecule has 220 valence electrons. The molecule has 5 atom stereocenters. The molecule has 0 saturated heterocycles. The number of carbonyl (C=O) groups is 2. The van der Waals surface area contributed by atoms with Gasteiger partial charge in [0.2, 0.25) is 0 Å². The summed E-state index contributed by atoms with van der Waals surface area (Å²) < 4.78 is 21.8. The Morgan fingerprint density at radius 3 is 2.38 bits per heavy atom. The third-order valence-corrected chi connectivity index (χ3v) is 6.65. The summed E-state index contributed by atoms with van der Waals surface area (Å²) >= 11 is 0. The topological polar surface area (TPSA) is 170 Å². The maximum absolute atomic E-state index is 12.9. The normalized spacial score (nSPS) is 29.6. The first-order valence-electron chi connectivity index (χ1n) is 12.7. The number of nitrogens with two attached hydrogens (primary N) is 1. The Labute approximate surface area is 234 Å². The molecule has 0 radical (unpaired) electrons. The van der Waals surface area contributed by atoms with Crippen LogP contribution < -0.4 is 15.8 Å². The molecule has 0 unspecified atom stereocenters. The molecule has 0 saturated carbocycles. The summed E-state index contributed by atoms with van der Waals surface area (Å²) in [7, 11) is 4.25. The van der Waals surface area contributed by atoms with Gasteiger partial charge in [0, 0.05) is 31.8 Å². The van der Waals surface area contributed by atoms with E-state index in [1.165, 1.54) is 33.5 Å². The molecule has 1 aliphatic rings. The SMILES string of the molecule is COc1c(O)cc2c(O)c1/C=C(/C)C[C@H](OC)[C@H](O)[C@@H](C)/C=C(\C)[C@H](OC(N)=O)[C@@H](OC)/C=C\C=C(/C)C(=O)N2. The number of benzene rings is 1. The van der Waals surface area contributed by atoms with E-state index in [0.29, 0.717) is 11.1 Å². The molecule has 6 N–H and O–H groups in total. The fourth-order valence-corrected chi connectivity index (χ4v) is 4.47. The average Bonchev–Trinajstić information content (AvgIpc) is 2.90. The molecule has 1 aliphatic heterocycles. The van der Waals surface area contributed by atoms with Crippen LogP contribution in [0.3, 0.4) is 0 Å². The van der Waals surface area contributed by atoms with Gasteiger partial charge in [0.25, 0.3) is 5.91 Å². The number of hydrogen-bond donors (Lipinski definition) is 5. The largest absolute Gasteiger partial charge is 0.505 e. The number of ether oxygens (including phenoxy) is 4. The molecule has 2 rings (SSSR count). The van der Waals surface area contributed by atoms with Crippen molar-refractivity contribution in [2.24, 2.45) is 11.7 Å². The number of fused-ring (bicyclic) bond motifs is 2. The van der Waals surface area contributed by atoms with Crippen LogP contribution in [0, 0.1) is 5.92 Å². The van der Waals surface area contributed by atoms with Crippen LogP contribution in [-0.4, -0.2) is 73.1 Å². The zero-order valence-electron chi connectivity index (χ0n) is 23.9. The third-order valence-electron chi connectivity index (χ3n) is 6.65. The molecule has 0 spiro atoms. The second-order valence-corrected chi connectivity index (χ2v) is 9.71. The average molecular weight is 561 g/mol. The van der Waals surface area contributed by atoms with Gasteiger partial charge in [-0.15, -0.1) is 0 Å². The smallest absolute Gasteiger partial charge is 0.405 e. The highest BCUT2D eigenvalue weighted by Crippen LogP contribution is 2.43. The van der Waals surface area contributed by atoms with Crippen LogP contribution in [-0.2, 0) is 19.0 Å². The lowest BCUT2D eigenvalue weighted by Crippen LogP contribution is -2.36. The lowest BCUT2D eigenvalue weighted by atomic mass is 9.91. The lowest BCUT2D eigenvalue weighted by Gasteiger charge is -2.28. The molecule has 0 fully saturated rings. The van der Waals surface area contributed by atoms with Gasteiger partial charge in [-0.25, -0.2) is 4.79 Å². The van der Waals surface area contributed by atoms with Crippen LogP contribution in [0.25, 0.3) is 6.08 Å². The van der Waals surface area contributed by atoms with Crippen molar-refractivity contribution in [2.45, 2.75) is 58.5 Å². The quantitative estimate of drug-likeness (QED) is 0.209. The summed E-state index contributed by atoms with van der Waals surface area (Å²) in [5.41, 5.74) is 6.98. The fourth-order valence-electron chi connectivity index (χ4n) is 4.47. The van der Waals surface area contributed by atoms with Gasteiger partial charge in [0.15, 0.2) is 17.6 Å². The first-order valence-corrected chi connectivity index (χ1v) is 12.7. The fraction of sp³-hybridized carbons (Fsp3) is 0.448. The number of primary amides is 1. The number of rotatable bonds is 4. The molecule has 1 heterocycles. The number of amides is 2. The predicted octanol–water partition coefficient (Wildman–Crippen LogP) is 3.79. The van der Waals surface area contributed by atoms with Crippen molar-refractivity contribution in [1.29, 1.82) is 0 Å². The number of methoxy groups -OCH3 is 3. The summed E-state index contributed by atoms with van der Waals surface area (Å²) in [5, 5.41) is 35.3. The minimum Gasteiger partial charge on any atom is -0.505 e. The maximum Gasteiger partial charge on any atom is 0.405 e. The van der Waals surface area contributed by atoms with Gasteiger partial charge < -0.3 is 45.3 Å². The summed E-state index contributed by atoms with van der Waals surface area (Å²) in [5.74, 6) is -1.57. The Balaban J connectivity index is 2.72. The minimum absolute atomic E-state index is 0.0171. The Morgan fingerprint density at radius 1 is 1.12 bits per heavy atom. The van der Waals surface area contributed by atoms with Crippen LogP contribution in [0.4, 0.5) is 10.5 Å². The van der Waals surface area contributed by atoms with Gasteiger partial charge in [-0.3, -0.25) is 4.79 Å². The highest BCUT2D eigenvalue weighted by atomic mass is 16.6. The standard InChI is InChI=1S/C29H40N2O9/c1-15-11-19-25(34)20(14-21(32)27(19)39-7)31-28(35)16(2)9-8-10-22(37-5)26(40-29(30)36)18(4)13-17(3)24(33)23(12-15)38-6/h8-11,13-14,17,22-24,26,32-34H,12H2,1-7H3,(H2,30,36)(H,31,35)/b10-8-,15-11-,16-9+,18-13+/t17-,22-,23-,24+,26-/m0/s1. The van der Waals surface area contributed by atoms with Crippen molar-refractivity contribution in [1.82, 2.24) is 0 Å². The van der Waals surface area contributed by atoms with Gasteiger partial charge in [-0.2, -0.15) is 0 Å². The van der Waals surface area contributed by atoms with Gasteiger partial charge >= 0.3 is 6.09 Å². The molecule has 1 aromatic carbocycles. The molecule has 0 aliphatic carbocycles. The molecule has 40 heavy (non-hydrogen) atoms. The van der Waals surface area contributed by atoms with E-state index < -0.39 is 42.3 Å². The number of allylic oxidation sites excluding steroid dienone is 2. The van der Waals surface area contributed by atoms with Crippen molar-refractivity contribution >= 4 is 23.8 Å². The Hall–Kier alpha value is -3.80. The lowest BCUT2D eigenvalue weighted by molar-refractivity contribution is -0.112. The number of nitrogens with one attached hydrogen (secondary N) is 1. The number of anilines is 1. The van der Waals surface area contributed by atoms with E-state index in [0.717, 1.165) is 0 Å². The third kappa shape index (κ3) is 8.10. The first kappa shape index (κ1) is 32.4. The molecule has 2 amide bonds. The van der Waals surface area contributed by atoms with Crippen LogP contribution >= 0.6 is 0 Å². The second-order valence-electron chi connectivity index (χ2n) is 9.71. The van der Waals surface area contributed by atoms with Crippen LogP contribution in [0.1, 0.15) is 39.7 Å². The van der Waals surface area contributed by atoms with Crippen molar-refractivity contribution in [3.63, 3.8) is 0 Å². The van der Waals surface area contributed by atoms with Gasteiger partial charge in [0.05, 0.1) is 30.6 Å². The van der Waals surface area contributed by atoms with Gasteiger partial charge in [0.1, 0.15) is 11.9 Å². The first-order chi connectivity index (χ1) is 18.8. The van der Waals surface area contributed by atoms with Crippen molar-refractivity contribution in [3.05, 3.63) is 52.7 Å². The number of aromatic hydroxyl groups is 2. The highest BCUT2D eigenvalue weighted by molar-refractivity contribution is 6.05. The van der Waals surface area contributed by atoms with Crippen molar-refractivity contribution in [3.8, 4) is 17.2 Å². The molecule has 11 nitrogen and oxygen atoms in total. The zero-order chi connectivity index (χ0) is 30.1. The molecule has 11 heteroatoms. The summed E-state index contributed by atoms with van der Waals surface area (Å²) in [6, 6.07) is 1.19. The summed E-state index contributed by atoms with van der Waals surface area (Å²) in [6.45, 7) is 6.86.